The Kier molecular flexibility index (Phi) is 12.1. The van der Waals surface area contributed by atoms with Crippen molar-refractivity contribution < 1.29 is 27.6 Å². The maximum atomic E-state index is 13.7. The third kappa shape index (κ3) is 9.26. The topological polar surface area (TPSA) is 184 Å². The lowest BCUT2D eigenvalue weighted by Crippen LogP contribution is -2.54. The molecule has 0 saturated heterocycles. The molecule has 1 aliphatic heterocycles. The zero-order valence-electron chi connectivity index (χ0n) is 28.1. The summed E-state index contributed by atoms with van der Waals surface area (Å²) < 4.78 is 29.9. The van der Waals surface area contributed by atoms with Crippen LogP contribution in [0.3, 0.4) is 0 Å². The highest BCUT2D eigenvalue weighted by molar-refractivity contribution is 7.89. The van der Waals surface area contributed by atoms with Crippen molar-refractivity contribution in [1.82, 2.24) is 40.3 Å². The Morgan fingerprint density at radius 2 is 1.65 bits per heavy atom. The molecule has 1 aromatic carbocycles. The maximum absolute atomic E-state index is 13.7. The first-order chi connectivity index (χ1) is 22.6. The molecule has 16 heteroatoms. The van der Waals surface area contributed by atoms with Crippen LogP contribution in [0.15, 0.2) is 41.3 Å². The van der Waals surface area contributed by atoms with Crippen molar-refractivity contribution in [3.05, 3.63) is 52.0 Å². The molecule has 2 aromatic heterocycles. The van der Waals surface area contributed by atoms with Gasteiger partial charge < -0.3 is 21.3 Å². The van der Waals surface area contributed by atoms with Gasteiger partial charge in [0, 0.05) is 28.4 Å². The van der Waals surface area contributed by atoms with Crippen LogP contribution < -0.4 is 21.3 Å². The largest absolute Gasteiger partial charge is 0.354 e. The number of carbonyl (C=O) groups excluding carboxylic acids is 4. The summed E-state index contributed by atoms with van der Waals surface area (Å²) >= 11 is 1.34. The van der Waals surface area contributed by atoms with Gasteiger partial charge in [-0.05, 0) is 52.5 Å². The molecule has 260 valence electrons. The molecular weight excluding hydrogens is 657 g/mol. The van der Waals surface area contributed by atoms with E-state index in [2.05, 4.69) is 31.3 Å². The number of fused-ring (bicyclic) bond motifs is 1. The number of carbonyl (C=O) groups is 4. The highest BCUT2D eigenvalue weighted by atomic mass is 32.2. The molecule has 3 aromatic rings. The lowest BCUT2D eigenvalue weighted by atomic mass is 10.0. The molecule has 14 nitrogen and oxygen atoms in total. The molecule has 0 fully saturated rings. The lowest BCUT2D eigenvalue weighted by Gasteiger charge is -2.25. The summed E-state index contributed by atoms with van der Waals surface area (Å²) in [7, 11) is -4.09. The second-order valence-corrected chi connectivity index (χ2v) is 15.7. The van der Waals surface area contributed by atoms with Gasteiger partial charge in [0.25, 0.3) is 0 Å². The Hall–Kier alpha value is -4.15. The van der Waals surface area contributed by atoms with Crippen LogP contribution in [0.4, 0.5) is 0 Å². The molecular formula is C32H44N8O6S2. The van der Waals surface area contributed by atoms with Crippen molar-refractivity contribution in [3.63, 3.8) is 0 Å². The number of sulfonamides is 1. The highest BCUT2D eigenvalue weighted by Crippen LogP contribution is 2.28. The Balaban J connectivity index is 1.67. The molecule has 4 rings (SSSR count). The summed E-state index contributed by atoms with van der Waals surface area (Å²) in [4.78, 5) is 59.2. The van der Waals surface area contributed by atoms with Gasteiger partial charge in [-0.2, -0.15) is 9.40 Å². The van der Waals surface area contributed by atoms with Gasteiger partial charge in [0.1, 0.15) is 24.5 Å². The summed E-state index contributed by atoms with van der Waals surface area (Å²) in [5.41, 5.74) is 0.726. The fraction of sp³-hybridized carbons (Fsp3) is 0.500. The minimum Gasteiger partial charge on any atom is -0.354 e. The number of nitrogens with one attached hydrogen (secondary N) is 4. The number of amides is 4. The number of hydrogen-bond acceptors (Lipinski definition) is 9. The van der Waals surface area contributed by atoms with Gasteiger partial charge in [-0.15, -0.1) is 11.3 Å². The van der Waals surface area contributed by atoms with E-state index >= 15 is 0 Å². The fourth-order valence-electron chi connectivity index (χ4n) is 5.35. The Morgan fingerprint density at radius 1 is 0.938 bits per heavy atom. The third-order valence-electron chi connectivity index (χ3n) is 7.72. The SMILES string of the molecule is Cc1cc(S(=O)(=O)N2CCCNC(=O)Cn3nc(-c4ccccc4)nc3[C@H](C)NC(=O)[C@@H](CC(C)C)NC(=O)[C@@H](C)NC(=O)C2)c(C)s1. The molecule has 0 aliphatic carbocycles. The summed E-state index contributed by atoms with van der Waals surface area (Å²) in [5.74, 6) is -1.41. The Morgan fingerprint density at radius 3 is 2.29 bits per heavy atom. The fourth-order valence-corrected chi connectivity index (χ4v) is 8.31. The highest BCUT2D eigenvalue weighted by Gasteiger charge is 2.32. The van der Waals surface area contributed by atoms with Crippen LogP contribution in [0.5, 0.6) is 0 Å². The summed E-state index contributed by atoms with van der Waals surface area (Å²) in [6.07, 6.45) is 0.514. The first-order valence-electron chi connectivity index (χ1n) is 15.9. The monoisotopic (exact) mass is 700 g/mol. The van der Waals surface area contributed by atoms with E-state index in [0.29, 0.717) is 22.9 Å². The number of benzene rings is 1. The molecule has 3 atom stereocenters. The zero-order valence-corrected chi connectivity index (χ0v) is 29.7. The van der Waals surface area contributed by atoms with Gasteiger partial charge in [0.05, 0.1) is 17.5 Å². The van der Waals surface area contributed by atoms with E-state index in [9.17, 15) is 27.6 Å². The zero-order chi connectivity index (χ0) is 35.2. The lowest BCUT2D eigenvalue weighted by molar-refractivity contribution is -0.132. The second kappa shape index (κ2) is 15.8. The minimum absolute atomic E-state index is 0.0304. The number of rotatable bonds is 5. The summed E-state index contributed by atoms with van der Waals surface area (Å²) in [6.45, 7) is 9.82. The summed E-state index contributed by atoms with van der Waals surface area (Å²) in [6, 6.07) is 8.09. The quantitative estimate of drug-likeness (QED) is 0.312. The average Bonchev–Trinajstić information content (AvgIpc) is 3.60. The van der Waals surface area contributed by atoms with Crippen LogP contribution in [0.1, 0.15) is 62.2 Å². The smallest absolute Gasteiger partial charge is 0.244 e. The van der Waals surface area contributed by atoms with Crippen molar-refractivity contribution in [2.45, 2.75) is 83.9 Å². The van der Waals surface area contributed by atoms with E-state index in [1.165, 1.54) is 22.9 Å². The molecule has 4 amide bonds. The second-order valence-electron chi connectivity index (χ2n) is 12.3. The van der Waals surface area contributed by atoms with E-state index < -0.39 is 58.3 Å². The van der Waals surface area contributed by atoms with E-state index in [1.807, 2.05) is 44.2 Å². The van der Waals surface area contributed by atoms with Gasteiger partial charge >= 0.3 is 0 Å². The molecule has 0 spiro atoms. The van der Waals surface area contributed by atoms with Crippen LogP contribution in [-0.4, -0.2) is 82.8 Å². The minimum atomic E-state index is -4.09. The Bertz CT molecular complexity index is 1740. The number of nitrogens with zero attached hydrogens (tertiary/aromatic N) is 4. The molecule has 1 aliphatic rings. The average molecular weight is 701 g/mol. The van der Waals surface area contributed by atoms with E-state index in [-0.39, 0.29) is 36.9 Å². The molecule has 0 radical (unpaired) electrons. The van der Waals surface area contributed by atoms with E-state index in [0.717, 1.165) is 14.7 Å². The molecule has 0 unspecified atom stereocenters. The van der Waals surface area contributed by atoms with Crippen LogP contribution in [0, 0.1) is 19.8 Å². The first kappa shape index (κ1) is 36.7. The molecule has 3 heterocycles. The van der Waals surface area contributed by atoms with E-state index in [4.69, 9.17) is 0 Å². The van der Waals surface area contributed by atoms with Crippen LogP contribution >= 0.6 is 11.3 Å². The van der Waals surface area contributed by atoms with Gasteiger partial charge in [-0.25, -0.2) is 18.1 Å². The molecule has 4 N–H and O–H groups in total. The number of aryl methyl sites for hydroxylation is 2. The van der Waals surface area contributed by atoms with Crippen molar-refractivity contribution in [2.24, 2.45) is 5.92 Å². The van der Waals surface area contributed by atoms with Crippen LogP contribution in [0.2, 0.25) is 0 Å². The maximum Gasteiger partial charge on any atom is 0.244 e. The third-order valence-corrected chi connectivity index (χ3v) is 10.8. The number of hydrogen-bond donors (Lipinski definition) is 4. The Labute approximate surface area is 285 Å². The molecule has 0 saturated carbocycles. The predicted molar refractivity (Wildman–Crippen MR) is 181 cm³/mol. The normalized spacial score (nSPS) is 21.3. The van der Waals surface area contributed by atoms with E-state index in [1.54, 1.807) is 26.8 Å². The molecule has 48 heavy (non-hydrogen) atoms. The number of aromatic nitrogens is 3. The van der Waals surface area contributed by atoms with Crippen molar-refractivity contribution in [1.29, 1.82) is 0 Å². The van der Waals surface area contributed by atoms with Crippen molar-refractivity contribution in [3.8, 4) is 11.4 Å². The predicted octanol–water partition coefficient (Wildman–Crippen LogP) is 2.05. The van der Waals surface area contributed by atoms with Gasteiger partial charge in [0.15, 0.2) is 5.82 Å². The molecule has 0 bridgehead atoms. The summed E-state index contributed by atoms with van der Waals surface area (Å²) in [5, 5.41) is 15.6. The standard InChI is InChI=1S/C32H44N8O6S2/c1-19(2)15-25-32(44)35-21(4)30-37-29(24-11-8-7-9-12-24)38-40(30)18-27(41)33-13-10-14-39(17-28(42)34-22(5)31(43)36-25)48(45,46)26-16-20(3)47-23(26)6/h7-9,11-12,16,19,21-22,25H,10,13-15,17-18H2,1-6H3,(H,33,41)(H,34,42)(H,35,44)(H,36,43)/t21-,22+,25+/m0/s1. The first-order valence-corrected chi connectivity index (χ1v) is 18.2. The van der Waals surface area contributed by atoms with Gasteiger partial charge in [-0.1, -0.05) is 44.2 Å². The van der Waals surface area contributed by atoms with Gasteiger partial charge in [0.2, 0.25) is 33.7 Å². The van der Waals surface area contributed by atoms with Crippen molar-refractivity contribution in [2.75, 3.05) is 19.6 Å². The van der Waals surface area contributed by atoms with Gasteiger partial charge in [-0.3, -0.25) is 19.2 Å². The number of thiophene rings is 1. The van der Waals surface area contributed by atoms with Crippen molar-refractivity contribution >= 4 is 45.0 Å². The van der Waals surface area contributed by atoms with Crippen LogP contribution in [0.25, 0.3) is 11.4 Å². The van der Waals surface area contributed by atoms with Crippen LogP contribution in [-0.2, 0) is 35.7 Å².